The molecule has 1 heterocycles. The first kappa shape index (κ1) is 12.4. The molecule has 2 fully saturated rings. The molecule has 1 saturated carbocycles. The second-order valence-corrected chi connectivity index (χ2v) is 6.14. The van der Waals surface area contributed by atoms with Crippen LogP contribution in [0.5, 0.6) is 0 Å². The highest BCUT2D eigenvalue weighted by molar-refractivity contribution is 4.86. The minimum atomic E-state index is 0.748. The second-order valence-electron chi connectivity index (χ2n) is 6.14. The van der Waals surface area contributed by atoms with E-state index in [9.17, 15) is 0 Å². The van der Waals surface area contributed by atoms with Gasteiger partial charge in [-0.15, -0.1) is 0 Å². The van der Waals surface area contributed by atoms with Crippen LogP contribution < -0.4 is 5.32 Å². The third-order valence-electron chi connectivity index (χ3n) is 4.54. The fourth-order valence-corrected chi connectivity index (χ4v) is 3.11. The molecule has 2 rings (SSSR count). The van der Waals surface area contributed by atoms with Gasteiger partial charge in [-0.05, 0) is 50.6 Å². The largest absolute Gasteiger partial charge is 0.313 e. The number of nitrogens with one attached hydrogen (secondary N) is 1. The van der Waals surface area contributed by atoms with E-state index in [0.717, 1.165) is 23.8 Å². The molecule has 0 spiro atoms. The molecule has 1 aliphatic heterocycles. The van der Waals surface area contributed by atoms with E-state index in [-0.39, 0.29) is 0 Å². The number of hydrogen-bond donors (Lipinski definition) is 1. The number of hydrogen-bond acceptors (Lipinski definition) is 2. The molecule has 0 bridgehead atoms. The average Bonchev–Trinajstić information content (AvgIpc) is 2.94. The highest BCUT2D eigenvalue weighted by Crippen LogP contribution is 2.38. The summed E-state index contributed by atoms with van der Waals surface area (Å²) >= 11 is 0. The summed E-state index contributed by atoms with van der Waals surface area (Å²) in [6.07, 6.45) is 5.60. The molecule has 4 unspecified atom stereocenters. The summed E-state index contributed by atoms with van der Waals surface area (Å²) in [7, 11) is 2.29. The lowest BCUT2D eigenvalue weighted by atomic mass is 9.90. The van der Waals surface area contributed by atoms with Crippen LogP contribution in [0.2, 0.25) is 0 Å². The van der Waals surface area contributed by atoms with Gasteiger partial charge in [-0.3, -0.25) is 0 Å². The molecule has 0 radical (unpaired) electrons. The molecule has 0 amide bonds. The van der Waals surface area contributed by atoms with Gasteiger partial charge in [0.2, 0.25) is 0 Å². The van der Waals surface area contributed by atoms with E-state index in [1.807, 2.05) is 0 Å². The van der Waals surface area contributed by atoms with Crippen molar-refractivity contribution < 1.29 is 0 Å². The van der Waals surface area contributed by atoms with Gasteiger partial charge < -0.3 is 10.2 Å². The highest BCUT2D eigenvalue weighted by Gasteiger charge is 2.33. The van der Waals surface area contributed by atoms with Gasteiger partial charge in [0.05, 0.1) is 0 Å². The standard InChI is InChI=1S/C14H28N2/c1-4-12-5-6-15-14(8-12)10-16(3)9-13-7-11(13)2/h11-15H,4-10H2,1-3H3. The quantitative estimate of drug-likeness (QED) is 0.771. The van der Waals surface area contributed by atoms with Crippen LogP contribution in [0.3, 0.4) is 0 Å². The van der Waals surface area contributed by atoms with Gasteiger partial charge in [0.1, 0.15) is 0 Å². The molecule has 2 nitrogen and oxygen atoms in total. The average molecular weight is 224 g/mol. The van der Waals surface area contributed by atoms with Crippen LogP contribution in [0.15, 0.2) is 0 Å². The Morgan fingerprint density at radius 1 is 1.25 bits per heavy atom. The summed E-state index contributed by atoms with van der Waals surface area (Å²) in [6.45, 7) is 8.51. The van der Waals surface area contributed by atoms with Crippen LogP contribution >= 0.6 is 0 Å². The molecule has 2 aliphatic rings. The van der Waals surface area contributed by atoms with Crippen molar-refractivity contribution in [3.8, 4) is 0 Å². The van der Waals surface area contributed by atoms with Gasteiger partial charge in [0, 0.05) is 19.1 Å². The summed E-state index contributed by atoms with van der Waals surface area (Å²) in [5.74, 6) is 2.96. The van der Waals surface area contributed by atoms with Gasteiger partial charge in [0.25, 0.3) is 0 Å². The fraction of sp³-hybridized carbons (Fsp3) is 1.00. The van der Waals surface area contributed by atoms with E-state index < -0.39 is 0 Å². The molecule has 16 heavy (non-hydrogen) atoms. The predicted octanol–water partition coefficient (Wildman–Crippen LogP) is 2.35. The zero-order chi connectivity index (χ0) is 11.5. The van der Waals surface area contributed by atoms with Crippen molar-refractivity contribution in [3.63, 3.8) is 0 Å². The van der Waals surface area contributed by atoms with Crippen molar-refractivity contribution >= 4 is 0 Å². The number of nitrogens with zero attached hydrogens (tertiary/aromatic N) is 1. The molecule has 2 heteroatoms. The maximum absolute atomic E-state index is 3.68. The third-order valence-corrected chi connectivity index (χ3v) is 4.54. The van der Waals surface area contributed by atoms with E-state index in [2.05, 4.69) is 31.1 Å². The van der Waals surface area contributed by atoms with Gasteiger partial charge in [-0.25, -0.2) is 0 Å². The molecule has 4 atom stereocenters. The zero-order valence-electron chi connectivity index (χ0n) is 11.2. The van der Waals surface area contributed by atoms with Crippen LogP contribution in [0.4, 0.5) is 0 Å². The lowest BCUT2D eigenvalue weighted by Crippen LogP contribution is -2.45. The summed E-state index contributed by atoms with van der Waals surface area (Å²) in [6, 6.07) is 0.748. The SMILES string of the molecule is CCC1CCNC(CN(C)CC2CC2C)C1. The van der Waals surface area contributed by atoms with Gasteiger partial charge in [-0.1, -0.05) is 20.3 Å². The van der Waals surface area contributed by atoms with Crippen LogP contribution in [-0.4, -0.2) is 37.6 Å². The van der Waals surface area contributed by atoms with E-state index >= 15 is 0 Å². The molecule has 1 N–H and O–H groups in total. The lowest BCUT2D eigenvalue weighted by molar-refractivity contribution is 0.219. The molecule has 94 valence electrons. The van der Waals surface area contributed by atoms with Crippen LogP contribution in [-0.2, 0) is 0 Å². The molecular formula is C14H28N2. The van der Waals surface area contributed by atoms with Gasteiger partial charge in [0.15, 0.2) is 0 Å². The summed E-state index contributed by atoms with van der Waals surface area (Å²) in [4.78, 5) is 2.55. The molecular weight excluding hydrogens is 196 g/mol. The van der Waals surface area contributed by atoms with Crippen LogP contribution in [0, 0.1) is 17.8 Å². The maximum atomic E-state index is 3.68. The van der Waals surface area contributed by atoms with Gasteiger partial charge in [-0.2, -0.15) is 0 Å². The topological polar surface area (TPSA) is 15.3 Å². The number of piperidine rings is 1. The Bertz CT molecular complexity index is 217. The molecule has 0 aromatic rings. The zero-order valence-corrected chi connectivity index (χ0v) is 11.2. The predicted molar refractivity (Wildman–Crippen MR) is 69.6 cm³/mol. The van der Waals surface area contributed by atoms with Crippen molar-refractivity contribution in [2.45, 2.75) is 45.6 Å². The molecule has 0 aromatic carbocycles. The Hall–Kier alpha value is -0.0800. The number of likely N-dealkylation sites (N-methyl/N-ethyl adjacent to an activating group) is 1. The Morgan fingerprint density at radius 2 is 2.00 bits per heavy atom. The highest BCUT2D eigenvalue weighted by atomic mass is 15.1. The number of rotatable bonds is 5. The van der Waals surface area contributed by atoms with Crippen LogP contribution in [0.25, 0.3) is 0 Å². The van der Waals surface area contributed by atoms with E-state index in [0.29, 0.717) is 0 Å². The Kier molecular flexibility index (Phi) is 4.26. The maximum Gasteiger partial charge on any atom is 0.0197 e. The van der Waals surface area contributed by atoms with Crippen molar-refractivity contribution in [1.82, 2.24) is 10.2 Å². The van der Waals surface area contributed by atoms with Crippen molar-refractivity contribution in [3.05, 3.63) is 0 Å². The Balaban J connectivity index is 1.67. The van der Waals surface area contributed by atoms with Crippen molar-refractivity contribution in [2.24, 2.45) is 17.8 Å². The van der Waals surface area contributed by atoms with E-state index in [1.165, 1.54) is 45.3 Å². The molecule has 1 saturated heterocycles. The summed E-state index contributed by atoms with van der Waals surface area (Å²) in [5.41, 5.74) is 0. The molecule has 1 aliphatic carbocycles. The Morgan fingerprint density at radius 3 is 2.62 bits per heavy atom. The van der Waals surface area contributed by atoms with Crippen LogP contribution in [0.1, 0.15) is 39.5 Å². The third kappa shape index (κ3) is 3.46. The Labute approximate surface area is 101 Å². The smallest absolute Gasteiger partial charge is 0.0197 e. The first-order valence-corrected chi connectivity index (χ1v) is 7.11. The molecule has 0 aromatic heterocycles. The first-order valence-electron chi connectivity index (χ1n) is 7.11. The second kappa shape index (κ2) is 5.50. The minimum Gasteiger partial charge on any atom is -0.313 e. The normalized spacial score (nSPS) is 39.0. The van der Waals surface area contributed by atoms with Crippen molar-refractivity contribution in [2.75, 3.05) is 26.7 Å². The van der Waals surface area contributed by atoms with Crippen molar-refractivity contribution in [1.29, 1.82) is 0 Å². The minimum absolute atomic E-state index is 0.748. The van der Waals surface area contributed by atoms with E-state index in [4.69, 9.17) is 0 Å². The fourth-order valence-electron chi connectivity index (χ4n) is 3.11. The first-order chi connectivity index (χ1) is 7.69. The monoisotopic (exact) mass is 224 g/mol. The van der Waals surface area contributed by atoms with Gasteiger partial charge >= 0.3 is 0 Å². The lowest BCUT2D eigenvalue weighted by Gasteiger charge is -2.32. The summed E-state index contributed by atoms with van der Waals surface area (Å²) < 4.78 is 0. The van der Waals surface area contributed by atoms with E-state index in [1.54, 1.807) is 0 Å². The summed E-state index contributed by atoms with van der Waals surface area (Å²) in [5, 5.41) is 3.68.